The summed E-state index contributed by atoms with van der Waals surface area (Å²) in [5.74, 6) is 1.51. The fourth-order valence-corrected chi connectivity index (χ4v) is 3.27. The van der Waals surface area contributed by atoms with Gasteiger partial charge in [-0.05, 0) is 50.2 Å². The minimum Gasteiger partial charge on any atom is -0.369 e. The highest BCUT2D eigenvalue weighted by atomic mass is 15.2. The number of aryl methyl sites for hydroxylation is 1. The molecule has 0 atom stereocenters. The first-order valence-electron chi connectivity index (χ1n) is 7.29. The summed E-state index contributed by atoms with van der Waals surface area (Å²) in [6.45, 7) is 4.32. The van der Waals surface area contributed by atoms with Crippen LogP contribution in [0.5, 0.6) is 0 Å². The average molecular weight is 258 g/mol. The van der Waals surface area contributed by atoms with Crippen molar-refractivity contribution in [2.24, 2.45) is 5.92 Å². The quantitative estimate of drug-likeness (QED) is 0.897. The van der Waals surface area contributed by atoms with Crippen LogP contribution in [0.3, 0.4) is 0 Å². The van der Waals surface area contributed by atoms with E-state index in [9.17, 15) is 0 Å². The van der Waals surface area contributed by atoms with Crippen molar-refractivity contribution in [2.45, 2.75) is 52.0 Å². The number of aromatic nitrogens is 3. The van der Waals surface area contributed by atoms with Crippen LogP contribution in [0.2, 0.25) is 0 Å². The molecule has 0 amide bonds. The van der Waals surface area contributed by atoms with Gasteiger partial charge in [-0.25, -0.2) is 9.97 Å². The maximum Gasteiger partial charge on any atom is 0.202 e. The second kappa shape index (κ2) is 4.83. The molecule has 102 valence electrons. The van der Waals surface area contributed by atoms with Crippen molar-refractivity contribution in [3.05, 3.63) is 17.8 Å². The summed E-state index contributed by atoms with van der Waals surface area (Å²) < 4.78 is 2.15. The SMILES string of the molecule is CCC1CCC(n2c(N)nc3cc(C)cnc32)CC1. The zero-order valence-corrected chi connectivity index (χ0v) is 11.8. The zero-order valence-electron chi connectivity index (χ0n) is 11.8. The van der Waals surface area contributed by atoms with Gasteiger partial charge in [-0.15, -0.1) is 0 Å². The van der Waals surface area contributed by atoms with Gasteiger partial charge < -0.3 is 5.73 Å². The van der Waals surface area contributed by atoms with E-state index in [1.54, 1.807) is 0 Å². The number of rotatable bonds is 2. The summed E-state index contributed by atoms with van der Waals surface area (Å²) in [6.07, 6.45) is 8.19. The number of nitrogens with zero attached hydrogens (tertiary/aromatic N) is 3. The van der Waals surface area contributed by atoms with E-state index in [-0.39, 0.29) is 0 Å². The Kier molecular flexibility index (Phi) is 3.17. The van der Waals surface area contributed by atoms with Crippen LogP contribution in [0.1, 0.15) is 50.6 Å². The fourth-order valence-electron chi connectivity index (χ4n) is 3.27. The standard InChI is InChI=1S/C15H22N4/c1-3-11-4-6-12(7-5-11)19-14-13(18-15(19)16)8-10(2)9-17-14/h8-9,11-12H,3-7H2,1-2H3,(H2,16,18). The third-order valence-electron chi connectivity index (χ3n) is 4.45. The molecule has 0 spiro atoms. The van der Waals surface area contributed by atoms with Crippen LogP contribution < -0.4 is 5.73 Å². The number of hydrogen-bond donors (Lipinski definition) is 1. The maximum atomic E-state index is 6.11. The van der Waals surface area contributed by atoms with Crippen molar-refractivity contribution in [1.82, 2.24) is 14.5 Å². The number of hydrogen-bond acceptors (Lipinski definition) is 3. The van der Waals surface area contributed by atoms with Gasteiger partial charge in [-0.1, -0.05) is 13.3 Å². The van der Waals surface area contributed by atoms with Crippen molar-refractivity contribution in [2.75, 3.05) is 5.73 Å². The van der Waals surface area contributed by atoms with E-state index in [0.717, 1.165) is 22.6 Å². The van der Waals surface area contributed by atoms with Gasteiger partial charge in [0.1, 0.15) is 5.52 Å². The number of imidazole rings is 1. The topological polar surface area (TPSA) is 56.7 Å². The van der Waals surface area contributed by atoms with Crippen molar-refractivity contribution < 1.29 is 0 Å². The van der Waals surface area contributed by atoms with Gasteiger partial charge in [0.25, 0.3) is 0 Å². The minimum absolute atomic E-state index is 0.475. The third kappa shape index (κ3) is 2.20. The van der Waals surface area contributed by atoms with Crippen LogP contribution in [0.25, 0.3) is 11.2 Å². The monoisotopic (exact) mass is 258 g/mol. The molecule has 1 fully saturated rings. The lowest BCUT2D eigenvalue weighted by Crippen LogP contribution is -2.19. The number of fused-ring (bicyclic) bond motifs is 1. The van der Waals surface area contributed by atoms with Gasteiger partial charge in [0.2, 0.25) is 5.95 Å². The number of anilines is 1. The highest BCUT2D eigenvalue weighted by Crippen LogP contribution is 2.36. The molecule has 2 aromatic rings. The van der Waals surface area contributed by atoms with Crippen molar-refractivity contribution >= 4 is 17.1 Å². The third-order valence-corrected chi connectivity index (χ3v) is 4.45. The Bertz CT molecular complexity index is 579. The van der Waals surface area contributed by atoms with Crippen LogP contribution in [0, 0.1) is 12.8 Å². The Labute approximate surface area is 114 Å². The second-order valence-electron chi connectivity index (χ2n) is 5.78. The molecule has 0 saturated heterocycles. The van der Waals surface area contributed by atoms with Gasteiger partial charge in [0.15, 0.2) is 5.65 Å². The summed E-state index contributed by atoms with van der Waals surface area (Å²) in [5, 5.41) is 0. The Morgan fingerprint density at radius 3 is 2.74 bits per heavy atom. The molecule has 4 heteroatoms. The summed E-state index contributed by atoms with van der Waals surface area (Å²) in [4.78, 5) is 9.00. The summed E-state index contributed by atoms with van der Waals surface area (Å²) in [6, 6.07) is 2.54. The average Bonchev–Trinajstić information content (AvgIpc) is 2.74. The molecule has 2 heterocycles. The van der Waals surface area contributed by atoms with Crippen molar-refractivity contribution in [3.8, 4) is 0 Å². The molecule has 1 aliphatic rings. The molecular formula is C15H22N4. The molecule has 0 aliphatic heterocycles. The number of nitrogen functional groups attached to an aromatic ring is 1. The molecule has 2 aromatic heterocycles. The Morgan fingerprint density at radius 2 is 2.05 bits per heavy atom. The van der Waals surface area contributed by atoms with Gasteiger partial charge in [0.05, 0.1) is 0 Å². The van der Waals surface area contributed by atoms with Crippen LogP contribution in [0.4, 0.5) is 5.95 Å². The maximum absolute atomic E-state index is 6.11. The molecule has 0 aromatic carbocycles. The van der Waals surface area contributed by atoms with E-state index in [1.165, 1.54) is 32.1 Å². The van der Waals surface area contributed by atoms with E-state index in [1.807, 2.05) is 13.1 Å². The van der Waals surface area contributed by atoms with Gasteiger partial charge in [-0.3, -0.25) is 4.57 Å². The molecule has 0 radical (unpaired) electrons. The van der Waals surface area contributed by atoms with E-state index in [2.05, 4.69) is 27.5 Å². The Balaban J connectivity index is 1.94. The van der Waals surface area contributed by atoms with Gasteiger partial charge in [-0.2, -0.15) is 0 Å². The number of pyridine rings is 1. The van der Waals surface area contributed by atoms with Gasteiger partial charge >= 0.3 is 0 Å². The normalized spacial score (nSPS) is 23.9. The molecule has 0 unspecified atom stereocenters. The largest absolute Gasteiger partial charge is 0.369 e. The zero-order chi connectivity index (χ0) is 13.4. The van der Waals surface area contributed by atoms with Crippen molar-refractivity contribution in [3.63, 3.8) is 0 Å². The summed E-state index contributed by atoms with van der Waals surface area (Å²) in [5.41, 5.74) is 9.12. The minimum atomic E-state index is 0.475. The first kappa shape index (κ1) is 12.5. The highest BCUT2D eigenvalue weighted by molar-refractivity contribution is 5.74. The first-order chi connectivity index (χ1) is 9.19. The van der Waals surface area contributed by atoms with Crippen LogP contribution >= 0.6 is 0 Å². The molecule has 4 nitrogen and oxygen atoms in total. The van der Waals surface area contributed by atoms with E-state index in [4.69, 9.17) is 5.73 Å². The fraction of sp³-hybridized carbons (Fsp3) is 0.600. The molecule has 1 aliphatic carbocycles. The van der Waals surface area contributed by atoms with E-state index >= 15 is 0 Å². The van der Waals surface area contributed by atoms with Crippen LogP contribution in [0.15, 0.2) is 12.3 Å². The lowest BCUT2D eigenvalue weighted by Gasteiger charge is -2.29. The van der Waals surface area contributed by atoms with Crippen LogP contribution in [-0.2, 0) is 0 Å². The Morgan fingerprint density at radius 1 is 1.32 bits per heavy atom. The molecular weight excluding hydrogens is 236 g/mol. The molecule has 3 rings (SSSR count). The lowest BCUT2D eigenvalue weighted by atomic mass is 9.84. The molecule has 1 saturated carbocycles. The molecule has 2 N–H and O–H groups in total. The Hall–Kier alpha value is -1.58. The smallest absolute Gasteiger partial charge is 0.202 e. The predicted molar refractivity (Wildman–Crippen MR) is 78.0 cm³/mol. The van der Waals surface area contributed by atoms with E-state index in [0.29, 0.717) is 12.0 Å². The first-order valence-corrected chi connectivity index (χ1v) is 7.29. The highest BCUT2D eigenvalue weighted by Gasteiger charge is 2.24. The van der Waals surface area contributed by atoms with Crippen LogP contribution in [-0.4, -0.2) is 14.5 Å². The lowest BCUT2D eigenvalue weighted by molar-refractivity contribution is 0.274. The van der Waals surface area contributed by atoms with Crippen molar-refractivity contribution in [1.29, 1.82) is 0 Å². The van der Waals surface area contributed by atoms with E-state index < -0.39 is 0 Å². The predicted octanol–water partition coefficient (Wildman–Crippen LogP) is 3.46. The second-order valence-corrected chi connectivity index (χ2v) is 5.78. The summed E-state index contributed by atoms with van der Waals surface area (Å²) in [7, 11) is 0. The number of nitrogens with two attached hydrogens (primary N) is 1. The molecule has 19 heavy (non-hydrogen) atoms. The molecule has 0 bridgehead atoms. The summed E-state index contributed by atoms with van der Waals surface area (Å²) >= 11 is 0. The van der Waals surface area contributed by atoms with Gasteiger partial charge in [0, 0.05) is 12.2 Å².